The van der Waals surface area contributed by atoms with Gasteiger partial charge in [-0.25, -0.2) is 4.98 Å². The van der Waals surface area contributed by atoms with Gasteiger partial charge in [-0.1, -0.05) is 12.8 Å². The molecule has 1 fully saturated rings. The van der Waals surface area contributed by atoms with Crippen molar-refractivity contribution in [2.45, 2.75) is 32.6 Å². The van der Waals surface area contributed by atoms with Gasteiger partial charge in [0.2, 0.25) is 11.8 Å². The van der Waals surface area contributed by atoms with E-state index < -0.39 is 0 Å². The van der Waals surface area contributed by atoms with Gasteiger partial charge in [-0.3, -0.25) is 0 Å². The van der Waals surface area contributed by atoms with Gasteiger partial charge >= 0.3 is 0 Å². The van der Waals surface area contributed by atoms with Crippen molar-refractivity contribution < 1.29 is 4.74 Å². The average molecular weight is 221 g/mol. The molecule has 0 saturated heterocycles. The van der Waals surface area contributed by atoms with Gasteiger partial charge in [0.15, 0.2) is 0 Å². The van der Waals surface area contributed by atoms with E-state index >= 15 is 0 Å². The highest BCUT2D eigenvalue weighted by Gasteiger charge is 2.16. The van der Waals surface area contributed by atoms with Gasteiger partial charge < -0.3 is 10.1 Å². The maximum atomic E-state index is 5.77. The lowest BCUT2D eigenvalue weighted by atomic mass is 10.1. The van der Waals surface area contributed by atoms with Crippen molar-refractivity contribution in [3.8, 4) is 5.88 Å². The Hall–Kier alpha value is -1.32. The van der Waals surface area contributed by atoms with Crippen molar-refractivity contribution in [1.82, 2.24) is 9.97 Å². The molecule has 1 aliphatic rings. The summed E-state index contributed by atoms with van der Waals surface area (Å²) < 4.78 is 5.77. The number of ether oxygens (including phenoxy) is 1. The minimum atomic E-state index is 0.618. The normalized spacial score (nSPS) is 16.4. The second kappa shape index (κ2) is 5.14. The summed E-state index contributed by atoms with van der Waals surface area (Å²) in [5.74, 6) is 2.05. The number of nitrogens with zero attached hydrogens (tertiary/aromatic N) is 2. The predicted molar refractivity (Wildman–Crippen MR) is 63.8 cm³/mol. The molecule has 2 rings (SSSR count). The van der Waals surface area contributed by atoms with Crippen LogP contribution in [0.5, 0.6) is 5.88 Å². The third-order valence-electron chi connectivity index (χ3n) is 3.08. The molecule has 88 valence electrons. The van der Waals surface area contributed by atoms with Crippen LogP contribution in [0.4, 0.5) is 5.95 Å². The van der Waals surface area contributed by atoms with E-state index in [4.69, 9.17) is 4.74 Å². The van der Waals surface area contributed by atoms with Gasteiger partial charge in [-0.2, -0.15) is 4.98 Å². The second-order valence-corrected chi connectivity index (χ2v) is 4.39. The van der Waals surface area contributed by atoms with Crippen molar-refractivity contribution in [3.63, 3.8) is 0 Å². The molecule has 0 aromatic carbocycles. The summed E-state index contributed by atoms with van der Waals surface area (Å²) >= 11 is 0. The van der Waals surface area contributed by atoms with Crippen molar-refractivity contribution in [2.24, 2.45) is 5.92 Å². The molecule has 0 radical (unpaired) electrons. The summed E-state index contributed by atoms with van der Waals surface area (Å²) in [6.45, 7) is 2.77. The SMILES string of the molecule is CNc1ncc(C)c(OCC2CCCC2)n1. The highest BCUT2D eigenvalue weighted by atomic mass is 16.5. The summed E-state index contributed by atoms with van der Waals surface area (Å²) in [5.41, 5.74) is 0.997. The van der Waals surface area contributed by atoms with Crippen molar-refractivity contribution in [2.75, 3.05) is 19.0 Å². The minimum absolute atomic E-state index is 0.618. The van der Waals surface area contributed by atoms with Crippen LogP contribution in [0.25, 0.3) is 0 Å². The molecule has 0 bridgehead atoms. The summed E-state index contributed by atoms with van der Waals surface area (Å²) in [6.07, 6.45) is 7.08. The van der Waals surface area contributed by atoms with Crippen LogP contribution >= 0.6 is 0 Å². The Balaban J connectivity index is 1.96. The standard InChI is InChI=1S/C12H19N3O/c1-9-7-14-12(13-2)15-11(9)16-8-10-5-3-4-6-10/h7,10H,3-6,8H2,1-2H3,(H,13,14,15). The van der Waals surface area contributed by atoms with E-state index in [0.717, 1.165) is 12.2 Å². The fourth-order valence-corrected chi connectivity index (χ4v) is 2.07. The van der Waals surface area contributed by atoms with Gasteiger partial charge in [0.05, 0.1) is 6.61 Å². The van der Waals surface area contributed by atoms with Gasteiger partial charge in [0.1, 0.15) is 0 Å². The molecule has 1 heterocycles. The molecule has 1 aromatic rings. The zero-order chi connectivity index (χ0) is 11.4. The van der Waals surface area contributed by atoms with Gasteiger partial charge in [-0.05, 0) is 25.7 Å². The Labute approximate surface area is 96.4 Å². The summed E-state index contributed by atoms with van der Waals surface area (Å²) in [6, 6.07) is 0. The van der Waals surface area contributed by atoms with Crippen LogP contribution in [0.2, 0.25) is 0 Å². The summed E-state index contributed by atoms with van der Waals surface area (Å²) in [4.78, 5) is 8.44. The Morgan fingerprint density at radius 3 is 2.88 bits per heavy atom. The first-order chi connectivity index (χ1) is 7.79. The first-order valence-electron chi connectivity index (χ1n) is 5.94. The lowest BCUT2D eigenvalue weighted by Gasteiger charge is -2.12. The number of aryl methyl sites for hydroxylation is 1. The van der Waals surface area contributed by atoms with Crippen LogP contribution in [-0.4, -0.2) is 23.6 Å². The molecular weight excluding hydrogens is 202 g/mol. The Kier molecular flexibility index (Phi) is 3.59. The van der Waals surface area contributed by atoms with Crippen LogP contribution in [-0.2, 0) is 0 Å². The lowest BCUT2D eigenvalue weighted by Crippen LogP contribution is -2.10. The van der Waals surface area contributed by atoms with E-state index in [2.05, 4.69) is 15.3 Å². The molecule has 1 aliphatic carbocycles. The van der Waals surface area contributed by atoms with E-state index in [1.165, 1.54) is 25.7 Å². The molecule has 0 spiro atoms. The molecule has 1 aromatic heterocycles. The van der Waals surface area contributed by atoms with Crippen LogP contribution in [0.1, 0.15) is 31.2 Å². The molecule has 0 atom stereocenters. The minimum Gasteiger partial charge on any atom is -0.477 e. The fourth-order valence-electron chi connectivity index (χ4n) is 2.07. The predicted octanol–water partition coefficient (Wildman–Crippen LogP) is 2.40. The first-order valence-corrected chi connectivity index (χ1v) is 5.94. The number of nitrogens with one attached hydrogen (secondary N) is 1. The Morgan fingerprint density at radius 2 is 2.19 bits per heavy atom. The van der Waals surface area contributed by atoms with E-state index in [1.54, 1.807) is 6.20 Å². The molecule has 4 nitrogen and oxygen atoms in total. The number of hydrogen-bond donors (Lipinski definition) is 1. The molecule has 0 unspecified atom stereocenters. The molecule has 1 saturated carbocycles. The van der Waals surface area contributed by atoms with Crippen molar-refractivity contribution >= 4 is 5.95 Å². The number of anilines is 1. The monoisotopic (exact) mass is 221 g/mol. The fraction of sp³-hybridized carbons (Fsp3) is 0.667. The highest BCUT2D eigenvalue weighted by Crippen LogP contribution is 2.26. The molecule has 4 heteroatoms. The van der Waals surface area contributed by atoms with Gasteiger partial charge in [-0.15, -0.1) is 0 Å². The van der Waals surface area contributed by atoms with Gasteiger partial charge in [0, 0.05) is 18.8 Å². The average Bonchev–Trinajstić information content (AvgIpc) is 2.81. The largest absolute Gasteiger partial charge is 0.477 e. The smallest absolute Gasteiger partial charge is 0.225 e. The van der Waals surface area contributed by atoms with E-state index in [9.17, 15) is 0 Å². The van der Waals surface area contributed by atoms with Crippen LogP contribution in [0, 0.1) is 12.8 Å². The second-order valence-electron chi connectivity index (χ2n) is 4.39. The molecular formula is C12H19N3O. The Morgan fingerprint density at radius 1 is 1.44 bits per heavy atom. The zero-order valence-electron chi connectivity index (χ0n) is 9.99. The van der Waals surface area contributed by atoms with E-state index in [-0.39, 0.29) is 0 Å². The summed E-state index contributed by atoms with van der Waals surface area (Å²) in [5, 5.41) is 2.92. The molecule has 0 aliphatic heterocycles. The number of hydrogen-bond acceptors (Lipinski definition) is 4. The van der Waals surface area contributed by atoms with Gasteiger partial charge in [0.25, 0.3) is 0 Å². The van der Waals surface area contributed by atoms with E-state index in [1.807, 2.05) is 14.0 Å². The number of aromatic nitrogens is 2. The third-order valence-corrected chi connectivity index (χ3v) is 3.08. The molecule has 0 amide bonds. The van der Waals surface area contributed by atoms with Crippen molar-refractivity contribution in [3.05, 3.63) is 11.8 Å². The third kappa shape index (κ3) is 2.62. The molecule has 1 N–H and O–H groups in total. The van der Waals surface area contributed by atoms with E-state index in [0.29, 0.717) is 17.7 Å². The highest BCUT2D eigenvalue weighted by molar-refractivity contribution is 5.31. The number of rotatable bonds is 4. The maximum Gasteiger partial charge on any atom is 0.225 e. The maximum absolute atomic E-state index is 5.77. The van der Waals surface area contributed by atoms with Crippen LogP contribution in [0.15, 0.2) is 6.20 Å². The van der Waals surface area contributed by atoms with Crippen LogP contribution < -0.4 is 10.1 Å². The van der Waals surface area contributed by atoms with Crippen LogP contribution in [0.3, 0.4) is 0 Å². The topological polar surface area (TPSA) is 47.0 Å². The summed E-state index contributed by atoms with van der Waals surface area (Å²) in [7, 11) is 1.81. The Bertz CT molecular complexity index is 348. The first kappa shape index (κ1) is 11.2. The molecule has 16 heavy (non-hydrogen) atoms. The lowest BCUT2D eigenvalue weighted by molar-refractivity contribution is 0.242. The zero-order valence-corrected chi connectivity index (χ0v) is 9.99. The quantitative estimate of drug-likeness (QED) is 0.848. The van der Waals surface area contributed by atoms with Crippen molar-refractivity contribution in [1.29, 1.82) is 0 Å².